The van der Waals surface area contributed by atoms with E-state index >= 15 is 0 Å². The fourth-order valence-electron chi connectivity index (χ4n) is 0.624. The average Bonchev–Trinajstić information content (AvgIpc) is 2.10. The summed E-state index contributed by atoms with van der Waals surface area (Å²) in [6.45, 7) is 10.1. The first-order valence-electron chi connectivity index (χ1n) is 2.55. The minimum Gasteiger partial charge on any atom is -0.467 e. The second-order valence-corrected chi connectivity index (χ2v) is 1.74. The van der Waals surface area contributed by atoms with Crippen LogP contribution >= 0.6 is 0 Å². The van der Waals surface area contributed by atoms with Gasteiger partial charge in [0.05, 0.1) is 12.3 Å². The van der Waals surface area contributed by atoms with Crippen molar-refractivity contribution >= 4 is 5.88 Å². The van der Waals surface area contributed by atoms with E-state index in [9.17, 15) is 0 Å². The zero-order valence-electron chi connectivity index (χ0n) is 5.30. The summed E-state index contributed by atoms with van der Waals surface area (Å²) >= 11 is 0. The molecule has 0 aliphatic carbocycles. The van der Waals surface area contributed by atoms with Gasteiger partial charge in [-0.1, -0.05) is 0 Å². The Balaban J connectivity index is 3.20. The van der Waals surface area contributed by atoms with E-state index in [1.165, 1.54) is 0 Å². The Morgan fingerprint density at radius 3 is 2.44 bits per heavy atom. The van der Waals surface area contributed by atoms with E-state index in [2.05, 4.69) is 9.83 Å². The highest BCUT2D eigenvalue weighted by atomic mass is 16.4. The van der Waals surface area contributed by atoms with E-state index in [0.29, 0.717) is 17.5 Å². The van der Waals surface area contributed by atoms with Crippen molar-refractivity contribution in [1.29, 1.82) is 0 Å². The fraction of sp³-hybridized carbons (Fsp3) is 0.333. The molecule has 0 spiro atoms. The number of aryl methyl sites for hydroxylation is 2. The first-order chi connectivity index (χ1) is 4.24. The topological polar surface area (TPSA) is 30.4 Å². The maximum Gasteiger partial charge on any atom is 0.368 e. The second-order valence-electron chi connectivity index (χ2n) is 1.74. The van der Waals surface area contributed by atoms with Crippen LogP contribution in [0.25, 0.3) is 4.85 Å². The molecule has 0 atom stereocenters. The lowest BCUT2D eigenvalue weighted by Gasteiger charge is -1.74. The van der Waals surface area contributed by atoms with Crippen LogP contribution in [0.2, 0.25) is 0 Å². The van der Waals surface area contributed by atoms with Crippen LogP contribution in [0.1, 0.15) is 11.6 Å². The number of rotatable bonds is 0. The number of hydrogen-bond donors (Lipinski definition) is 0. The summed E-state index contributed by atoms with van der Waals surface area (Å²) in [7, 11) is 0. The van der Waals surface area contributed by atoms with Gasteiger partial charge in [0.1, 0.15) is 0 Å². The molecule has 9 heavy (non-hydrogen) atoms. The predicted molar refractivity (Wildman–Crippen MR) is 32.2 cm³/mol. The Labute approximate surface area is 53.1 Å². The SMILES string of the molecule is [C-]#[N+]c1oc(C)nc1C. The molecule has 3 heteroatoms. The van der Waals surface area contributed by atoms with E-state index in [0.717, 1.165) is 0 Å². The zero-order chi connectivity index (χ0) is 6.85. The molecule has 0 N–H and O–H groups in total. The number of aromatic nitrogens is 1. The van der Waals surface area contributed by atoms with Crippen LogP contribution in [0.15, 0.2) is 4.42 Å². The van der Waals surface area contributed by atoms with Crippen LogP contribution in [-0.4, -0.2) is 4.98 Å². The predicted octanol–water partition coefficient (Wildman–Crippen LogP) is 1.84. The van der Waals surface area contributed by atoms with Gasteiger partial charge in [-0.2, -0.15) is 4.85 Å². The third kappa shape index (κ3) is 0.918. The number of hydrogen-bond acceptors (Lipinski definition) is 2. The standard InChI is InChI=1S/C6H6N2O/c1-4-6(7-3)9-5(2)8-4/h1-2H3. The summed E-state index contributed by atoms with van der Waals surface area (Å²) in [4.78, 5) is 7.01. The Bertz CT molecular complexity index is 257. The van der Waals surface area contributed by atoms with Gasteiger partial charge in [-0.25, -0.2) is 4.98 Å². The van der Waals surface area contributed by atoms with Crippen molar-refractivity contribution in [1.82, 2.24) is 4.98 Å². The van der Waals surface area contributed by atoms with Crippen LogP contribution in [0, 0.1) is 20.4 Å². The largest absolute Gasteiger partial charge is 0.467 e. The van der Waals surface area contributed by atoms with Crippen molar-refractivity contribution in [3.8, 4) is 0 Å². The molecule has 0 aliphatic rings. The number of oxazole rings is 1. The summed E-state index contributed by atoms with van der Waals surface area (Å²) in [5.74, 6) is 0.853. The van der Waals surface area contributed by atoms with Gasteiger partial charge >= 0.3 is 5.88 Å². The Morgan fingerprint density at radius 1 is 1.56 bits per heavy atom. The van der Waals surface area contributed by atoms with Gasteiger partial charge in [-0.05, 0) is 6.92 Å². The van der Waals surface area contributed by atoms with E-state index in [-0.39, 0.29) is 0 Å². The smallest absolute Gasteiger partial charge is 0.368 e. The molecular formula is C6H6N2O. The first kappa shape index (κ1) is 5.83. The molecule has 3 nitrogen and oxygen atoms in total. The van der Waals surface area contributed by atoms with Crippen molar-refractivity contribution in [3.05, 3.63) is 23.0 Å². The molecule has 1 aromatic heterocycles. The average molecular weight is 122 g/mol. The molecule has 1 aromatic rings. The summed E-state index contributed by atoms with van der Waals surface area (Å²) in [6.07, 6.45) is 0. The molecule has 0 fully saturated rings. The van der Waals surface area contributed by atoms with Gasteiger partial charge in [0, 0.05) is 6.92 Å². The lowest BCUT2D eigenvalue weighted by atomic mass is 10.5. The molecule has 0 amide bonds. The van der Waals surface area contributed by atoms with Crippen molar-refractivity contribution in [3.63, 3.8) is 0 Å². The second kappa shape index (κ2) is 1.90. The minimum atomic E-state index is 0.299. The lowest BCUT2D eigenvalue weighted by Crippen LogP contribution is -1.68. The number of nitrogens with zero attached hydrogens (tertiary/aromatic N) is 2. The molecule has 0 saturated heterocycles. The third-order valence-corrected chi connectivity index (χ3v) is 0.981. The molecule has 1 heterocycles. The van der Waals surface area contributed by atoms with E-state index in [1.807, 2.05) is 0 Å². The third-order valence-electron chi connectivity index (χ3n) is 0.981. The Kier molecular flexibility index (Phi) is 1.23. The van der Waals surface area contributed by atoms with Crippen molar-refractivity contribution < 1.29 is 4.42 Å². The lowest BCUT2D eigenvalue weighted by molar-refractivity contribution is 0.542. The van der Waals surface area contributed by atoms with Crippen LogP contribution < -0.4 is 0 Å². The molecule has 0 aromatic carbocycles. The van der Waals surface area contributed by atoms with Crippen LogP contribution in [0.4, 0.5) is 5.88 Å². The van der Waals surface area contributed by atoms with Crippen LogP contribution in [-0.2, 0) is 0 Å². The molecule has 0 radical (unpaired) electrons. The molecule has 1 rings (SSSR count). The monoisotopic (exact) mass is 122 g/mol. The van der Waals surface area contributed by atoms with Gasteiger partial charge in [0.2, 0.25) is 0 Å². The minimum absolute atomic E-state index is 0.299. The first-order valence-corrected chi connectivity index (χ1v) is 2.55. The highest BCUT2D eigenvalue weighted by Crippen LogP contribution is 2.17. The van der Waals surface area contributed by atoms with Crippen LogP contribution in [0.3, 0.4) is 0 Å². The maximum absolute atomic E-state index is 6.59. The normalized spacial score (nSPS) is 9.00. The van der Waals surface area contributed by atoms with Crippen molar-refractivity contribution in [2.75, 3.05) is 0 Å². The van der Waals surface area contributed by atoms with Gasteiger partial charge in [-0.15, -0.1) is 0 Å². The maximum atomic E-state index is 6.59. The highest BCUT2D eigenvalue weighted by molar-refractivity contribution is 5.36. The quantitative estimate of drug-likeness (QED) is 0.491. The van der Waals surface area contributed by atoms with Gasteiger partial charge < -0.3 is 4.42 Å². The highest BCUT2D eigenvalue weighted by Gasteiger charge is 2.03. The van der Waals surface area contributed by atoms with E-state index in [4.69, 9.17) is 11.0 Å². The Morgan fingerprint density at radius 2 is 2.22 bits per heavy atom. The van der Waals surface area contributed by atoms with Crippen molar-refractivity contribution in [2.24, 2.45) is 0 Å². The van der Waals surface area contributed by atoms with Gasteiger partial charge in [-0.3, -0.25) is 0 Å². The summed E-state index contributed by atoms with van der Waals surface area (Å²) in [5, 5.41) is 0. The fourth-order valence-corrected chi connectivity index (χ4v) is 0.624. The van der Waals surface area contributed by atoms with Crippen molar-refractivity contribution in [2.45, 2.75) is 13.8 Å². The zero-order valence-corrected chi connectivity index (χ0v) is 5.30. The van der Waals surface area contributed by atoms with E-state index in [1.54, 1.807) is 13.8 Å². The molecule has 0 aliphatic heterocycles. The summed E-state index contributed by atoms with van der Waals surface area (Å²) < 4.78 is 4.90. The molecule has 0 unspecified atom stereocenters. The van der Waals surface area contributed by atoms with Gasteiger partial charge in [0.15, 0.2) is 5.89 Å². The molecule has 46 valence electrons. The summed E-state index contributed by atoms with van der Waals surface area (Å²) in [5.41, 5.74) is 0.669. The summed E-state index contributed by atoms with van der Waals surface area (Å²) in [6, 6.07) is 0. The van der Waals surface area contributed by atoms with Gasteiger partial charge in [0.25, 0.3) is 0 Å². The van der Waals surface area contributed by atoms with Crippen LogP contribution in [0.5, 0.6) is 0 Å². The molecular weight excluding hydrogens is 116 g/mol. The Hall–Kier alpha value is -1.30. The molecule has 0 bridgehead atoms. The molecule has 0 saturated carbocycles. The van der Waals surface area contributed by atoms with E-state index < -0.39 is 0 Å².